The molecule has 4 heteroatoms. The van der Waals surface area contributed by atoms with Gasteiger partial charge in [-0.1, -0.05) is 193 Å². The van der Waals surface area contributed by atoms with Crippen LogP contribution in [-0.2, 0) is 10.3 Å². The zero-order valence-corrected chi connectivity index (χ0v) is 25.3. The Kier molecular flexibility index (Phi) is 15.8. The van der Waals surface area contributed by atoms with Crippen molar-refractivity contribution >= 4 is 0 Å². The minimum absolute atomic E-state index is 0.201. The summed E-state index contributed by atoms with van der Waals surface area (Å²) in [4.78, 5) is 3.18. The summed E-state index contributed by atoms with van der Waals surface area (Å²) in [5.74, 6) is 0. The van der Waals surface area contributed by atoms with Crippen molar-refractivity contribution < 1.29 is 4.74 Å². The molecule has 0 aliphatic heterocycles. The van der Waals surface area contributed by atoms with Crippen molar-refractivity contribution in [2.45, 2.75) is 115 Å². The standard InChI is InChI=1S/C37H51N3O/c1-2-3-4-5-6-7-8-9-10-11-12-13-14-24-31-36(39-40-38)32-41-37(33-25-18-15-19-26-33,34-27-20-16-21-28-34)35-29-22-17-23-30-35/h15-23,25-30,36H,2-14,24,31-32H2,1H3. The number of hydrogen-bond donors (Lipinski definition) is 0. The van der Waals surface area contributed by atoms with E-state index in [9.17, 15) is 5.53 Å². The highest BCUT2D eigenvalue weighted by molar-refractivity contribution is 5.47. The van der Waals surface area contributed by atoms with Crippen LogP contribution in [0.5, 0.6) is 0 Å². The molecule has 0 fully saturated rings. The number of azide groups is 1. The fraction of sp³-hybridized carbons (Fsp3) is 0.514. The summed E-state index contributed by atoms with van der Waals surface area (Å²) in [6.45, 7) is 2.64. The molecule has 3 aromatic rings. The van der Waals surface area contributed by atoms with E-state index in [2.05, 4.69) is 89.7 Å². The van der Waals surface area contributed by atoms with E-state index in [0.717, 1.165) is 29.5 Å². The number of ether oxygens (including phenoxy) is 1. The van der Waals surface area contributed by atoms with Crippen molar-refractivity contribution in [2.24, 2.45) is 5.11 Å². The van der Waals surface area contributed by atoms with Gasteiger partial charge in [-0.25, -0.2) is 0 Å². The predicted octanol–water partition coefficient (Wildman–Crippen LogP) is 11.5. The molecule has 0 bridgehead atoms. The van der Waals surface area contributed by atoms with Crippen LogP contribution in [0.3, 0.4) is 0 Å². The molecule has 0 saturated carbocycles. The maximum atomic E-state index is 9.34. The van der Waals surface area contributed by atoms with Crippen LogP contribution in [-0.4, -0.2) is 12.6 Å². The topological polar surface area (TPSA) is 58.0 Å². The first-order valence-electron chi connectivity index (χ1n) is 16.2. The van der Waals surface area contributed by atoms with Crippen LogP contribution in [0, 0.1) is 0 Å². The van der Waals surface area contributed by atoms with Gasteiger partial charge in [0.15, 0.2) is 0 Å². The summed E-state index contributed by atoms with van der Waals surface area (Å²) >= 11 is 0. The molecule has 0 spiro atoms. The number of nitrogens with zero attached hydrogens (tertiary/aromatic N) is 3. The third-order valence-electron chi connectivity index (χ3n) is 8.14. The number of unbranched alkanes of at least 4 members (excludes halogenated alkanes) is 13. The SMILES string of the molecule is CCCCCCCCCCCCCCCCC(COC(c1ccccc1)(c1ccccc1)c1ccccc1)N=[N+]=[N-]. The third-order valence-corrected chi connectivity index (χ3v) is 8.14. The van der Waals surface area contributed by atoms with Gasteiger partial charge in [-0.3, -0.25) is 0 Å². The Morgan fingerprint density at radius 1 is 0.585 bits per heavy atom. The smallest absolute Gasteiger partial charge is 0.143 e. The zero-order valence-electron chi connectivity index (χ0n) is 25.3. The molecule has 3 rings (SSSR count). The molecule has 220 valence electrons. The molecule has 0 aromatic heterocycles. The molecule has 0 saturated heterocycles. The molecule has 4 nitrogen and oxygen atoms in total. The Bertz CT molecular complexity index is 1000. The van der Waals surface area contributed by atoms with E-state index in [0.29, 0.717) is 6.61 Å². The number of rotatable bonds is 22. The van der Waals surface area contributed by atoms with Gasteiger partial charge in [0.1, 0.15) is 5.60 Å². The van der Waals surface area contributed by atoms with Gasteiger partial charge in [0, 0.05) is 4.91 Å². The lowest BCUT2D eigenvalue weighted by molar-refractivity contribution is 0.00390. The highest BCUT2D eigenvalue weighted by Crippen LogP contribution is 2.40. The average Bonchev–Trinajstić information content (AvgIpc) is 3.03. The molecule has 3 aromatic carbocycles. The lowest BCUT2D eigenvalue weighted by atomic mass is 9.80. The quantitative estimate of drug-likeness (QED) is 0.0401. The highest BCUT2D eigenvalue weighted by Gasteiger charge is 2.38. The van der Waals surface area contributed by atoms with Crippen LogP contribution in [0.25, 0.3) is 10.4 Å². The molecule has 0 amide bonds. The molecular weight excluding hydrogens is 502 g/mol. The van der Waals surface area contributed by atoms with E-state index in [-0.39, 0.29) is 6.04 Å². The Morgan fingerprint density at radius 2 is 0.951 bits per heavy atom. The molecule has 1 unspecified atom stereocenters. The first kappa shape index (κ1) is 32.4. The molecule has 0 radical (unpaired) electrons. The van der Waals surface area contributed by atoms with Crippen molar-refractivity contribution in [1.29, 1.82) is 0 Å². The minimum atomic E-state index is -0.789. The van der Waals surface area contributed by atoms with Crippen LogP contribution in [0.2, 0.25) is 0 Å². The molecule has 0 heterocycles. The lowest BCUT2D eigenvalue weighted by Gasteiger charge is -2.36. The van der Waals surface area contributed by atoms with Crippen molar-refractivity contribution in [3.63, 3.8) is 0 Å². The summed E-state index contributed by atoms with van der Waals surface area (Å²) in [6.07, 6.45) is 19.5. The van der Waals surface area contributed by atoms with Crippen LogP contribution in [0.4, 0.5) is 0 Å². The fourth-order valence-corrected chi connectivity index (χ4v) is 5.81. The largest absolute Gasteiger partial charge is 0.360 e. The molecule has 41 heavy (non-hydrogen) atoms. The van der Waals surface area contributed by atoms with Crippen molar-refractivity contribution in [3.8, 4) is 0 Å². The molecular formula is C37H51N3O. The van der Waals surface area contributed by atoms with Crippen LogP contribution in [0.15, 0.2) is 96.1 Å². The van der Waals surface area contributed by atoms with Crippen LogP contribution in [0.1, 0.15) is 120 Å². The van der Waals surface area contributed by atoms with Gasteiger partial charge in [0.25, 0.3) is 0 Å². The Hall–Kier alpha value is -3.07. The first-order valence-corrected chi connectivity index (χ1v) is 16.2. The lowest BCUT2D eigenvalue weighted by Crippen LogP contribution is -2.35. The summed E-state index contributed by atoms with van der Waals surface area (Å²) in [6, 6.07) is 30.9. The van der Waals surface area contributed by atoms with E-state index in [1.165, 1.54) is 83.5 Å². The van der Waals surface area contributed by atoms with Gasteiger partial charge in [-0.15, -0.1) is 0 Å². The maximum Gasteiger partial charge on any atom is 0.143 e. The Balaban J connectivity index is 1.50. The van der Waals surface area contributed by atoms with Gasteiger partial charge in [0.05, 0.1) is 12.6 Å². The van der Waals surface area contributed by atoms with E-state index in [4.69, 9.17) is 4.74 Å². The molecule has 1 atom stereocenters. The zero-order chi connectivity index (χ0) is 28.9. The number of hydrogen-bond acceptors (Lipinski definition) is 2. The second-order valence-electron chi connectivity index (χ2n) is 11.3. The van der Waals surface area contributed by atoms with E-state index in [1.54, 1.807) is 0 Å². The van der Waals surface area contributed by atoms with Gasteiger partial charge in [0.2, 0.25) is 0 Å². The second-order valence-corrected chi connectivity index (χ2v) is 11.3. The summed E-state index contributed by atoms with van der Waals surface area (Å²) in [5.41, 5.74) is 11.7. The Morgan fingerprint density at radius 3 is 1.32 bits per heavy atom. The number of benzene rings is 3. The third kappa shape index (κ3) is 11.0. The van der Waals surface area contributed by atoms with Crippen molar-refractivity contribution in [1.82, 2.24) is 0 Å². The first-order chi connectivity index (χ1) is 20.3. The molecule has 0 N–H and O–H groups in total. The normalized spacial score (nSPS) is 12.1. The Labute approximate surface area is 249 Å². The van der Waals surface area contributed by atoms with E-state index >= 15 is 0 Å². The van der Waals surface area contributed by atoms with E-state index in [1.807, 2.05) is 18.2 Å². The minimum Gasteiger partial charge on any atom is -0.360 e. The average molecular weight is 554 g/mol. The van der Waals surface area contributed by atoms with Crippen LogP contribution >= 0.6 is 0 Å². The highest BCUT2D eigenvalue weighted by atomic mass is 16.5. The van der Waals surface area contributed by atoms with E-state index < -0.39 is 5.60 Å². The van der Waals surface area contributed by atoms with Gasteiger partial charge < -0.3 is 4.74 Å². The fourth-order valence-electron chi connectivity index (χ4n) is 5.81. The predicted molar refractivity (Wildman–Crippen MR) is 173 cm³/mol. The monoisotopic (exact) mass is 553 g/mol. The summed E-state index contributed by atoms with van der Waals surface area (Å²) in [5, 5.41) is 4.16. The van der Waals surface area contributed by atoms with Crippen LogP contribution < -0.4 is 0 Å². The van der Waals surface area contributed by atoms with Crippen molar-refractivity contribution in [3.05, 3.63) is 118 Å². The summed E-state index contributed by atoms with van der Waals surface area (Å²) in [7, 11) is 0. The molecule has 0 aliphatic carbocycles. The molecule has 0 aliphatic rings. The van der Waals surface area contributed by atoms with Crippen molar-refractivity contribution in [2.75, 3.05) is 6.61 Å². The van der Waals surface area contributed by atoms with Gasteiger partial charge in [-0.2, -0.15) is 0 Å². The maximum absolute atomic E-state index is 9.34. The summed E-state index contributed by atoms with van der Waals surface area (Å²) < 4.78 is 6.91. The second kappa shape index (κ2) is 19.9. The van der Waals surface area contributed by atoms with Gasteiger partial charge in [-0.05, 0) is 28.6 Å². The van der Waals surface area contributed by atoms with Gasteiger partial charge >= 0.3 is 0 Å².